The van der Waals surface area contributed by atoms with Crippen molar-refractivity contribution >= 4 is 33.5 Å². The van der Waals surface area contributed by atoms with E-state index in [1.807, 2.05) is 0 Å². The molecule has 0 aromatic heterocycles. The van der Waals surface area contributed by atoms with E-state index in [1.165, 1.54) is 6.21 Å². The molecule has 2 aromatic carbocycles. The van der Waals surface area contributed by atoms with Gasteiger partial charge in [-0.1, -0.05) is 5.92 Å². The van der Waals surface area contributed by atoms with E-state index in [0.29, 0.717) is 34.2 Å². The lowest BCUT2D eigenvalue weighted by Gasteiger charge is -2.13. The molecule has 1 N–H and O–H groups in total. The maximum absolute atomic E-state index is 12.8. The van der Waals surface area contributed by atoms with Gasteiger partial charge in [0.1, 0.15) is 12.3 Å². The summed E-state index contributed by atoms with van der Waals surface area (Å²) in [5, 5.41) is 15.0. The number of nitro groups is 1. The lowest BCUT2D eigenvalue weighted by molar-refractivity contribution is -0.384. The van der Waals surface area contributed by atoms with Gasteiger partial charge >= 0.3 is 6.18 Å². The molecule has 0 spiro atoms. The molecule has 0 aliphatic carbocycles. The Morgan fingerprint density at radius 3 is 2.67 bits per heavy atom. The maximum atomic E-state index is 12.8. The molecule has 0 fully saturated rings. The van der Waals surface area contributed by atoms with Gasteiger partial charge in [0.25, 0.3) is 5.69 Å². The van der Waals surface area contributed by atoms with E-state index < -0.39 is 22.4 Å². The van der Waals surface area contributed by atoms with Gasteiger partial charge in [0.2, 0.25) is 0 Å². The van der Waals surface area contributed by atoms with Gasteiger partial charge in [-0.15, -0.1) is 6.42 Å². The van der Waals surface area contributed by atoms with E-state index in [9.17, 15) is 23.3 Å². The zero-order chi connectivity index (χ0) is 22.3. The second-order valence-corrected chi connectivity index (χ2v) is 6.47. The first kappa shape index (κ1) is 23.0. The maximum Gasteiger partial charge on any atom is 0.416 e. The van der Waals surface area contributed by atoms with Crippen molar-refractivity contribution in [1.29, 1.82) is 0 Å². The quantitative estimate of drug-likeness (QED) is 0.239. The summed E-state index contributed by atoms with van der Waals surface area (Å²) in [6.45, 7) is 2.17. The average Bonchev–Trinajstić information content (AvgIpc) is 2.67. The number of nitrogens with zero attached hydrogens (tertiary/aromatic N) is 2. The molecule has 0 unspecified atom stereocenters. The highest BCUT2D eigenvalue weighted by molar-refractivity contribution is 9.10. The molecule has 11 heteroatoms. The Morgan fingerprint density at radius 2 is 2.07 bits per heavy atom. The first-order valence-electron chi connectivity index (χ1n) is 8.34. The van der Waals surface area contributed by atoms with Gasteiger partial charge in [-0.3, -0.25) is 15.5 Å². The summed E-state index contributed by atoms with van der Waals surface area (Å²) >= 11 is 3.34. The van der Waals surface area contributed by atoms with Crippen LogP contribution in [0.3, 0.4) is 0 Å². The second-order valence-electron chi connectivity index (χ2n) is 5.61. The summed E-state index contributed by atoms with van der Waals surface area (Å²) in [6, 6.07) is 5.36. The number of rotatable bonds is 8. The smallest absolute Gasteiger partial charge is 0.416 e. The van der Waals surface area contributed by atoms with Gasteiger partial charge in [-0.2, -0.15) is 18.3 Å². The van der Waals surface area contributed by atoms with Crippen LogP contribution in [0.2, 0.25) is 0 Å². The molecular weight excluding hydrogens is 471 g/mol. The molecule has 0 radical (unpaired) electrons. The lowest BCUT2D eigenvalue weighted by Crippen LogP contribution is -2.06. The largest absolute Gasteiger partial charge is 0.490 e. The Morgan fingerprint density at radius 1 is 1.33 bits per heavy atom. The molecule has 0 heterocycles. The number of alkyl halides is 3. The van der Waals surface area contributed by atoms with Crippen molar-refractivity contribution in [1.82, 2.24) is 0 Å². The van der Waals surface area contributed by atoms with Gasteiger partial charge in [0.05, 0.1) is 27.8 Å². The van der Waals surface area contributed by atoms with Gasteiger partial charge in [0.15, 0.2) is 11.5 Å². The summed E-state index contributed by atoms with van der Waals surface area (Å²) in [5.74, 6) is 3.14. The number of nitro benzene ring substituents is 1. The highest BCUT2D eigenvalue weighted by atomic mass is 79.9. The molecule has 2 aromatic rings. The third-order valence-corrected chi connectivity index (χ3v) is 4.14. The molecule has 0 amide bonds. The number of nitrogens with one attached hydrogen (secondary N) is 1. The predicted molar refractivity (Wildman–Crippen MR) is 109 cm³/mol. The predicted octanol–water partition coefficient (Wildman–Crippen LogP) is 5.23. The van der Waals surface area contributed by atoms with E-state index in [1.54, 1.807) is 19.1 Å². The first-order chi connectivity index (χ1) is 14.2. The molecule has 0 aliphatic rings. The van der Waals surface area contributed by atoms with E-state index in [4.69, 9.17) is 15.9 Å². The summed E-state index contributed by atoms with van der Waals surface area (Å²) in [7, 11) is 0. The Hall–Kier alpha value is -3.26. The van der Waals surface area contributed by atoms with Crippen molar-refractivity contribution in [3.8, 4) is 23.8 Å². The van der Waals surface area contributed by atoms with E-state index in [0.717, 1.165) is 12.1 Å². The molecule has 0 atom stereocenters. The summed E-state index contributed by atoms with van der Waals surface area (Å²) in [6.07, 6.45) is 1.82. The Bertz CT molecular complexity index is 1000. The fourth-order valence-electron chi connectivity index (χ4n) is 2.31. The van der Waals surface area contributed by atoms with Crippen LogP contribution in [0.5, 0.6) is 11.5 Å². The van der Waals surface area contributed by atoms with Crippen LogP contribution in [0.4, 0.5) is 24.5 Å². The van der Waals surface area contributed by atoms with Crippen LogP contribution >= 0.6 is 15.9 Å². The number of terminal acetylenes is 1. The van der Waals surface area contributed by atoms with Crippen LogP contribution in [-0.2, 0) is 6.18 Å². The summed E-state index contributed by atoms with van der Waals surface area (Å²) in [4.78, 5) is 10.2. The highest BCUT2D eigenvalue weighted by Gasteiger charge is 2.33. The van der Waals surface area contributed by atoms with Crippen molar-refractivity contribution in [2.75, 3.05) is 18.6 Å². The third kappa shape index (κ3) is 5.87. The van der Waals surface area contributed by atoms with Gasteiger partial charge < -0.3 is 9.47 Å². The van der Waals surface area contributed by atoms with Crippen LogP contribution in [0, 0.1) is 22.5 Å². The van der Waals surface area contributed by atoms with Gasteiger partial charge in [0, 0.05) is 6.07 Å². The van der Waals surface area contributed by atoms with Crippen molar-refractivity contribution in [2.45, 2.75) is 13.1 Å². The summed E-state index contributed by atoms with van der Waals surface area (Å²) < 4.78 is 49.8. The minimum absolute atomic E-state index is 0.0330. The normalized spacial score (nSPS) is 11.2. The SMILES string of the molecule is C#CCOc1c(Br)cc(/C=N\Nc2ccc(C(F)(F)F)cc2[N+](=O)[O-])cc1OCC. The zero-order valence-electron chi connectivity index (χ0n) is 15.5. The van der Waals surface area contributed by atoms with E-state index in [2.05, 4.69) is 32.4 Å². The second kappa shape index (κ2) is 9.98. The number of ether oxygens (including phenoxy) is 2. The average molecular weight is 486 g/mol. The van der Waals surface area contributed by atoms with Crippen LogP contribution in [0.1, 0.15) is 18.1 Å². The number of anilines is 1. The van der Waals surface area contributed by atoms with Crippen LogP contribution < -0.4 is 14.9 Å². The molecule has 0 aliphatic heterocycles. The Balaban J connectivity index is 2.28. The van der Waals surface area contributed by atoms with Crippen LogP contribution in [0.25, 0.3) is 0 Å². The molecule has 30 heavy (non-hydrogen) atoms. The monoisotopic (exact) mass is 485 g/mol. The number of hydrogen-bond donors (Lipinski definition) is 1. The molecule has 0 bridgehead atoms. The minimum atomic E-state index is -4.70. The van der Waals surface area contributed by atoms with Crippen LogP contribution in [-0.4, -0.2) is 24.4 Å². The number of hydrogen-bond acceptors (Lipinski definition) is 6. The molecule has 158 valence electrons. The van der Waals surface area contributed by atoms with Gasteiger partial charge in [-0.05, 0) is 52.7 Å². The third-order valence-electron chi connectivity index (χ3n) is 3.55. The number of halogens is 4. The highest BCUT2D eigenvalue weighted by Crippen LogP contribution is 2.37. The fraction of sp³-hybridized carbons (Fsp3) is 0.211. The fourth-order valence-corrected chi connectivity index (χ4v) is 2.88. The molecule has 0 saturated carbocycles. The standard InChI is InChI=1S/C19H15BrF3N3O4/c1-3-7-30-18-14(20)8-12(9-17(18)29-4-2)11-24-25-15-6-5-13(19(21,22)23)10-16(15)26(27)28/h1,5-6,8-11,25H,4,7H2,2H3/b24-11-. The number of hydrazone groups is 1. The van der Waals surface area contributed by atoms with Crippen LogP contribution in [0.15, 0.2) is 39.9 Å². The lowest BCUT2D eigenvalue weighted by atomic mass is 10.1. The minimum Gasteiger partial charge on any atom is -0.490 e. The molecule has 2 rings (SSSR count). The number of benzene rings is 2. The van der Waals surface area contributed by atoms with Gasteiger partial charge in [-0.25, -0.2) is 0 Å². The molecule has 7 nitrogen and oxygen atoms in total. The van der Waals surface area contributed by atoms with E-state index in [-0.39, 0.29) is 12.3 Å². The Kier molecular flexibility index (Phi) is 7.66. The topological polar surface area (TPSA) is 86.0 Å². The first-order valence-corrected chi connectivity index (χ1v) is 9.14. The summed E-state index contributed by atoms with van der Waals surface area (Å²) in [5.41, 5.74) is 0.842. The van der Waals surface area contributed by atoms with Crippen molar-refractivity contribution in [3.63, 3.8) is 0 Å². The Labute approximate surface area is 178 Å². The van der Waals surface area contributed by atoms with Crippen molar-refractivity contribution in [2.24, 2.45) is 5.10 Å². The molecule has 0 saturated heterocycles. The molecular formula is C19H15BrF3N3O4. The van der Waals surface area contributed by atoms with Crippen molar-refractivity contribution in [3.05, 3.63) is 56.0 Å². The van der Waals surface area contributed by atoms with E-state index >= 15 is 0 Å². The zero-order valence-corrected chi connectivity index (χ0v) is 17.1. The van der Waals surface area contributed by atoms with Crippen molar-refractivity contribution < 1.29 is 27.6 Å².